The van der Waals surface area contributed by atoms with Crippen LogP contribution in [0.1, 0.15) is 34.3 Å². The van der Waals surface area contributed by atoms with Gasteiger partial charge in [0.15, 0.2) is 0 Å². The van der Waals surface area contributed by atoms with Crippen LogP contribution < -0.4 is 11.1 Å². The van der Waals surface area contributed by atoms with E-state index >= 15 is 0 Å². The second-order valence-corrected chi connectivity index (χ2v) is 6.44. The van der Waals surface area contributed by atoms with Gasteiger partial charge in [0.1, 0.15) is 0 Å². The maximum absolute atomic E-state index is 12.4. The van der Waals surface area contributed by atoms with Crippen LogP contribution in [0.5, 0.6) is 0 Å². The molecule has 0 saturated heterocycles. The van der Waals surface area contributed by atoms with E-state index in [1.165, 1.54) is 0 Å². The summed E-state index contributed by atoms with van der Waals surface area (Å²) in [5, 5.41) is 11.8. The first kappa shape index (κ1) is 17.6. The van der Waals surface area contributed by atoms with Gasteiger partial charge in [-0.3, -0.25) is 14.5 Å². The summed E-state index contributed by atoms with van der Waals surface area (Å²) in [5.74, 6) is -0.560. The van der Waals surface area contributed by atoms with Crippen LogP contribution in [0.4, 0.5) is 5.69 Å². The van der Waals surface area contributed by atoms with Crippen LogP contribution >= 0.6 is 0 Å². The molecule has 0 heterocycles. The topological polar surface area (TPSA) is 99.2 Å². The molecular weight excluding hydrogens is 328 g/mol. The fourth-order valence-electron chi connectivity index (χ4n) is 2.81. The maximum Gasteiger partial charge on any atom is 0.248 e. The third kappa shape index (κ3) is 4.68. The van der Waals surface area contributed by atoms with Crippen LogP contribution in [-0.2, 0) is 11.3 Å². The molecular formula is C20H20N4O2. The normalized spacial score (nSPS) is 13.2. The minimum absolute atomic E-state index is 0.110. The van der Waals surface area contributed by atoms with Crippen molar-refractivity contribution in [3.05, 3.63) is 65.2 Å². The molecule has 1 fully saturated rings. The molecule has 3 N–H and O–H groups in total. The lowest BCUT2D eigenvalue weighted by Crippen LogP contribution is -2.34. The summed E-state index contributed by atoms with van der Waals surface area (Å²) in [6.07, 6.45) is 2.16. The Hall–Kier alpha value is -3.17. The highest BCUT2D eigenvalue weighted by Gasteiger charge is 2.30. The number of carbonyl (C=O) groups excluding carboxylic acids is 2. The second kappa shape index (κ2) is 7.81. The van der Waals surface area contributed by atoms with Crippen molar-refractivity contribution in [3.8, 4) is 6.07 Å². The lowest BCUT2D eigenvalue weighted by atomic mass is 10.1. The summed E-state index contributed by atoms with van der Waals surface area (Å²) in [7, 11) is 0. The predicted octanol–water partition coefficient (Wildman–Crippen LogP) is 2.26. The number of nitrogens with zero attached hydrogens (tertiary/aromatic N) is 2. The van der Waals surface area contributed by atoms with Crippen LogP contribution in [0, 0.1) is 11.3 Å². The third-order valence-corrected chi connectivity index (χ3v) is 4.31. The molecule has 6 heteroatoms. The number of hydrogen-bond acceptors (Lipinski definition) is 4. The fraction of sp³-hybridized carbons (Fsp3) is 0.250. The van der Waals surface area contributed by atoms with Gasteiger partial charge >= 0.3 is 0 Å². The summed E-state index contributed by atoms with van der Waals surface area (Å²) < 4.78 is 0. The lowest BCUT2D eigenvalue weighted by molar-refractivity contribution is -0.117. The Morgan fingerprint density at radius 2 is 1.92 bits per heavy atom. The molecule has 2 aromatic rings. The zero-order chi connectivity index (χ0) is 18.5. The number of carbonyl (C=O) groups is 2. The number of anilines is 1. The molecule has 0 radical (unpaired) electrons. The van der Waals surface area contributed by atoms with Crippen LogP contribution in [0.3, 0.4) is 0 Å². The van der Waals surface area contributed by atoms with Gasteiger partial charge in [0.25, 0.3) is 0 Å². The average molecular weight is 348 g/mol. The Labute approximate surface area is 152 Å². The van der Waals surface area contributed by atoms with Gasteiger partial charge in [-0.15, -0.1) is 0 Å². The first-order valence-electron chi connectivity index (χ1n) is 8.48. The number of primary amides is 1. The SMILES string of the molecule is N#Cc1cccc(NC(=O)CN(Cc2ccc(C(N)=O)cc2)C2CC2)c1. The quantitative estimate of drug-likeness (QED) is 0.801. The average Bonchev–Trinajstić information content (AvgIpc) is 3.47. The molecule has 3 rings (SSSR count). The van der Waals surface area contributed by atoms with E-state index in [-0.39, 0.29) is 12.5 Å². The number of nitriles is 1. The molecule has 0 unspecified atom stereocenters. The number of hydrogen-bond donors (Lipinski definition) is 2. The third-order valence-electron chi connectivity index (χ3n) is 4.31. The van der Waals surface area contributed by atoms with Gasteiger partial charge in [-0.1, -0.05) is 18.2 Å². The second-order valence-electron chi connectivity index (χ2n) is 6.44. The molecule has 2 amide bonds. The van der Waals surface area contributed by atoms with E-state index in [1.54, 1.807) is 36.4 Å². The van der Waals surface area contributed by atoms with E-state index in [1.807, 2.05) is 12.1 Å². The standard InChI is InChI=1S/C20H20N4O2/c21-11-15-2-1-3-17(10-15)23-19(25)13-24(18-8-9-18)12-14-4-6-16(7-5-14)20(22)26/h1-7,10,18H,8-9,12-13H2,(H2,22,26)(H,23,25). The van der Waals surface area contributed by atoms with Crippen molar-refractivity contribution in [1.82, 2.24) is 4.90 Å². The Kier molecular flexibility index (Phi) is 5.30. The number of benzene rings is 2. The van der Waals surface area contributed by atoms with Crippen LogP contribution in [0.25, 0.3) is 0 Å². The summed E-state index contributed by atoms with van der Waals surface area (Å²) in [5.41, 5.74) is 7.90. The molecule has 132 valence electrons. The van der Waals surface area contributed by atoms with Gasteiger partial charge in [-0.05, 0) is 48.7 Å². The Bertz CT molecular complexity index is 851. The van der Waals surface area contributed by atoms with Gasteiger partial charge in [0, 0.05) is 23.8 Å². The number of nitrogens with two attached hydrogens (primary N) is 1. The highest BCUT2D eigenvalue weighted by Crippen LogP contribution is 2.28. The van der Waals surface area contributed by atoms with Gasteiger partial charge in [0.05, 0.1) is 18.2 Å². The number of amides is 2. The number of rotatable bonds is 7. The Morgan fingerprint density at radius 3 is 2.54 bits per heavy atom. The molecule has 0 aliphatic heterocycles. The molecule has 0 atom stereocenters. The monoisotopic (exact) mass is 348 g/mol. The smallest absolute Gasteiger partial charge is 0.248 e. The summed E-state index contributed by atoms with van der Waals surface area (Å²) in [4.78, 5) is 25.7. The Morgan fingerprint density at radius 1 is 1.19 bits per heavy atom. The lowest BCUT2D eigenvalue weighted by Gasteiger charge is -2.21. The summed E-state index contributed by atoms with van der Waals surface area (Å²) in [6, 6.07) is 16.5. The first-order chi connectivity index (χ1) is 12.5. The summed E-state index contributed by atoms with van der Waals surface area (Å²) in [6.45, 7) is 0.911. The van der Waals surface area contributed by atoms with Crippen LogP contribution in [-0.4, -0.2) is 29.3 Å². The maximum atomic E-state index is 12.4. The van der Waals surface area contributed by atoms with Crippen molar-refractivity contribution in [3.63, 3.8) is 0 Å². The van der Waals surface area contributed by atoms with Crippen molar-refractivity contribution in [1.29, 1.82) is 5.26 Å². The van der Waals surface area contributed by atoms with Crippen molar-refractivity contribution >= 4 is 17.5 Å². The van der Waals surface area contributed by atoms with Crippen molar-refractivity contribution in [2.45, 2.75) is 25.4 Å². The van der Waals surface area contributed by atoms with E-state index in [4.69, 9.17) is 11.0 Å². The molecule has 0 aromatic heterocycles. The zero-order valence-electron chi connectivity index (χ0n) is 14.3. The minimum atomic E-state index is -0.449. The first-order valence-corrected chi connectivity index (χ1v) is 8.48. The molecule has 1 saturated carbocycles. The highest BCUT2D eigenvalue weighted by atomic mass is 16.2. The van der Waals surface area contributed by atoms with E-state index < -0.39 is 5.91 Å². The Balaban J connectivity index is 1.62. The van der Waals surface area contributed by atoms with Gasteiger partial charge in [-0.25, -0.2) is 0 Å². The molecule has 0 bridgehead atoms. The fourth-order valence-corrected chi connectivity index (χ4v) is 2.81. The van der Waals surface area contributed by atoms with E-state index in [2.05, 4.69) is 16.3 Å². The van der Waals surface area contributed by atoms with E-state index in [0.29, 0.717) is 29.4 Å². The van der Waals surface area contributed by atoms with Crippen molar-refractivity contribution in [2.75, 3.05) is 11.9 Å². The zero-order valence-corrected chi connectivity index (χ0v) is 14.3. The largest absolute Gasteiger partial charge is 0.366 e. The molecule has 6 nitrogen and oxygen atoms in total. The molecule has 1 aliphatic rings. The highest BCUT2D eigenvalue weighted by molar-refractivity contribution is 5.93. The minimum Gasteiger partial charge on any atom is -0.366 e. The van der Waals surface area contributed by atoms with Crippen LogP contribution in [0.15, 0.2) is 48.5 Å². The van der Waals surface area contributed by atoms with Crippen LogP contribution in [0.2, 0.25) is 0 Å². The van der Waals surface area contributed by atoms with Gasteiger partial charge in [-0.2, -0.15) is 5.26 Å². The van der Waals surface area contributed by atoms with Crippen molar-refractivity contribution < 1.29 is 9.59 Å². The predicted molar refractivity (Wildman–Crippen MR) is 98.2 cm³/mol. The van der Waals surface area contributed by atoms with Gasteiger partial charge < -0.3 is 11.1 Å². The van der Waals surface area contributed by atoms with E-state index in [0.717, 1.165) is 18.4 Å². The van der Waals surface area contributed by atoms with Gasteiger partial charge in [0.2, 0.25) is 11.8 Å². The molecule has 26 heavy (non-hydrogen) atoms. The molecule has 1 aliphatic carbocycles. The van der Waals surface area contributed by atoms with Crippen molar-refractivity contribution in [2.24, 2.45) is 5.73 Å². The molecule has 2 aromatic carbocycles. The van der Waals surface area contributed by atoms with E-state index in [9.17, 15) is 9.59 Å². The summed E-state index contributed by atoms with van der Waals surface area (Å²) >= 11 is 0. The number of nitrogens with one attached hydrogen (secondary N) is 1. The molecule has 0 spiro atoms.